The van der Waals surface area contributed by atoms with Crippen LogP contribution in [0, 0.1) is 0 Å². The molecule has 0 aromatic rings. The van der Waals surface area contributed by atoms with E-state index in [4.69, 9.17) is 26.2 Å². The number of rotatable bonds is 14. The van der Waals surface area contributed by atoms with Crippen LogP contribution in [0.25, 0.3) is 0 Å². The first-order valence-electron chi connectivity index (χ1n) is 8.38. The molecule has 0 heterocycles. The highest BCUT2D eigenvalue weighted by Crippen LogP contribution is 2.17. The molecule has 0 aliphatic heterocycles. The van der Waals surface area contributed by atoms with E-state index in [0.717, 1.165) is 23.5 Å². The minimum absolute atomic E-state index is 0. The first-order chi connectivity index (χ1) is 13.8. The van der Waals surface area contributed by atoms with Crippen LogP contribution in [0.15, 0.2) is 0 Å². The number of carboxylic acid groups (broad SMARTS) is 4. The van der Waals surface area contributed by atoms with Crippen LogP contribution in [0.4, 0.5) is 0 Å². The van der Waals surface area contributed by atoms with Crippen LogP contribution < -0.4 is 5.73 Å². The van der Waals surface area contributed by atoms with Crippen LogP contribution in [0.3, 0.4) is 0 Å². The molecular weight excluding hydrogens is 456 g/mol. The summed E-state index contributed by atoms with van der Waals surface area (Å²) >= 11 is 1.88. The quantitative estimate of drug-likeness (QED) is 0.224. The molecular formula is C17H30N2O10S2. The van der Waals surface area contributed by atoms with Gasteiger partial charge in [-0.15, -0.1) is 23.5 Å². The smallest absolute Gasteiger partial charge is 0.317 e. The molecule has 0 aromatic heterocycles. The highest BCUT2D eigenvalue weighted by molar-refractivity contribution is 8.00. The summed E-state index contributed by atoms with van der Waals surface area (Å²) in [5, 5.41) is 32.1. The fourth-order valence-corrected chi connectivity index (χ4v) is 3.55. The number of amides is 2. The third-order valence-electron chi connectivity index (χ3n) is 3.07. The average molecular weight is 487 g/mol. The number of thioether (sulfide) groups is 2. The number of carbonyl (C=O) groups is 6. The number of carbonyl (C=O) groups excluding carboxylic acids is 2. The van der Waals surface area contributed by atoms with Crippen molar-refractivity contribution in [2.75, 3.05) is 25.6 Å². The van der Waals surface area contributed by atoms with Gasteiger partial charge in [0.05, 0.1) is 12.8 Å². The first-order valence-corrected chi connectivity index (χ1v) is 10.5. The normalized spacial score (nSPS) is 11.5. The molecule has 0 aromatic carbocycles. The monoisotopic (exact) mass is 486 g/mol. The van der Waals surface area contributed by atoms with Crippen molar-refractivity contribution in [2.45, 2.75) is 43.6 Å². The fraction of sp³-hybridized carbons (Fsp3) is 0.647. The van der Waals surface area contributed by atoms with Crippen LogP contribution in [0.2, 0.25) is 0 Å². The minimum atomic E-state index is -1.19. The van der Waals surface area contributed by atoms with Crippen LogP contribution in [-0.2, 0) is 28.8 Å². The largest absolute Gasteiger partial charge is 0.481 e. The van der Waals surface area contributed by atoms with E-state index in [0.29, 0.717) is 5.75 Å². The van der Waals surface area contributed by atoms with Crippen molar-refractivity contribution in [2.24, 2.45) is 5.73 Å². The lowest BCUT2D eigenvalue weighted by Crippen LogP contribution is -2.24. The summed E-state index contributed by atoms with van der Waals surface area (Å²) in [5.41, 5.74) is 4.84. The summed E-state index contributed by atoms with van der Waals surface area (Å²) in [5.74, 6) is -4.79. The maximum absolute atomic E-state index is 11.2. The number of primary amides is 1. The Hall–Kier alpha value is -2.48. The van der Waals surface area contributed by atoms with E-state index in [9.17, 15) is 28.8 Å². The Morgan fingerprint density at radius 3 is 1.39 bits per heavy atom. The van der Waals surface area contributed by atoms with Gasteiger partial charge in [-0.05, 0) is 0 Å². The van der Waals surface area contributed by atoms with Crippen molar-refractivity contribution in [3.8, 4) is 0 Å². The number of carboxylic acids is 4. The number of nitrogens with zero attached hydrogens (tertiary/aromatic N) is 1. The Morgan fingerprint density at radius 1 is 0.774 bits per heavy atom. The van der Waals surface area contributed by atoms with Gasteiger partial charge in [0.25, 0.3) is 0 Å². The maximum Gasteiger partial charge on any atom is 0.317 e. The van der Waals surface area contributed by atoms with E-state index in [2.05, 4.69) is 0 Å². The Bertz CT molecular complexity index is 628. The molecule has 31 heavy (non-hydrogen) atoms. The third-order valence-corrected chi connectivity index (χ3v) is 5.49. The van der Waals surface area contributed by atoms with E-state index in [1.54, 1.807) is 14.1 Å². The zero-order chi connectivity index (χ0) is 23.9. The molecule has 0 saturated carbocycles. The van der Waals surface area contributed by atoms with E-state index in [1.165, 1.54) is 4.90 Å². The molecule has 2 amide bonds. The SMILES string of the molecule is C.CN(C)C(=O)CCSC(CC(=O)O)C(=O)O.NC(=O)CCSC(CC(=O)O)C(=O)O. The van der Waals surface area contributed by atoms with Gasteiger partial charge in [-0.1, -0.05) is 7.43 Å². The van der Waals surface area contributed by atoms with Gasteiger partial charge in [-0.3, -0.25) is 28.8 Å². The molecule has 0 aliphatic carbocycles. The second-order valence-corrected chi connectivity index (χ2v) is 8.47. The van der Waals surface area contributed by atoms with E-state index in [1.807, 2.05) is 0 Å². The van der Waals surface area contributed by atoms with E-state index in [-0.39, 0.29) is 31.9 Å². The molecule has 2 unspecified atom stereocenters. The fourth-order valence-electron chi connectivity index (χ4n) is 1.57. The highest BCUT2D eigenvalue weighted by Gasteiger charge is 2.22. The molecule has 0 bridgehead atoms. The van der Waals surface area contributed by atoms with Gasteiger partial charge in [-0.25, -0.2) is 0 Å². The number of hydrogen-bond donors (Lipinski definition) is 5. The van der Waals surface area contributed by atoms with E-state index < -0.39 is 53.1 Å². The number of aliphatic carboxylic acids is 4. The summed E-state index contributed by atoms with van der Waals surface area (Å²) in [6.07, 6.45) is -0.635. The van der Waals surface area contributed by atoms with Crippen molar-refractivity contribution in [1.82, 2.24) is 4.90 Å². The van der Waals surface area contributed by atoms with Gasteiger partial charge >= 0.3 is 23.9 Å². The first kappa shape index (κ1) is 33.2. The third kappa shape index (κ3) is 20.6. The summed E-state index contributed by atoms with van der Waals surface area (Å²) in [6, 6.07) is 0. The van der Waals surface area contributed by atoms with Crippen molar-refractivity contribution in [3.05, 3.63) is 0 Å². The molecule has 0 fully saturated rings. The van der Waals surface area contributed by atoms with Crippen LogP contribution >= 0.6 is 23.5 Å². The van der Waals surface area contributed by atoms with Gasteiger partial charge in [0, 0.05) is 38.4 Å². The van der Waals surface area contributed by atoms with Gasteiger partial charge in [0.2, 0.25) is 11.8 Å². The standard InChI is InChI=1S/C9H15NO5S.C7H11NO5S.CH4/c1-10(2)7(11)3-4-16-6(9(14)15)5-8(12)13;8-5(9)1-2-14-4(7(12)13)3-6(10)11;/h6H,3-5H2,1-2H3,(H,12,13)(H,14,15);4H,1-3H2,(H2,8,9)(H,10,11)(H,12,13);1H4. The summed E-state index contributed by atoms with van der Waals surface area (Å²) in [7, 11) is 3.22. The van der Waals surface area contributed by atoms with Crippen molar-refractivity contribution >= 4 is 59.2 Å². The van der Waals surface area contributed by atoms with Crippen LogP contribution in [0.5, 0.6) is 0 Å². The average Bonchev–Trinajstić information content (AvgIpc) is 2.59. The van der Waals surface area contributed by atoms with Crippen molar-refractivity contribution < 1.29 is 49.2 Å². The highest BCUT2D eigenvalue weighted by atomic mass is 32.2. The van der Waals surface area contributed by atoms with Crippen molar-refractivity contribution in [1.29, 1.82) is 0 Å². The zero-order valence-electron chi connectivity index (χ0n) is 16.5. The van der Waals surface area contributed by atoms with E-state index >= 15 is 0 Å². The molecule has 12 nitrogen and oxygen atoms in total. The molecule has 0 saturated heterocycles. The Balaban J connectivity index is -0.000000494. The van der Waals surface area contributed by atoms with Gasteiger partial charge in [-0.2, -0.15) is 0 Å². The lowest BCUT2D eigenvalue weighted by atomic mass is 10.3. The van der Waals surface area contributed by atoms with Gasteiger partial charge in [0.15, 0.2) is 0 Å². The summed E-state index contributed by atoms with van der Waals surface area (Å²) in [6.45, 7) is 0. The molecule has 2 atom stereocenters. The lowest BCUT2D eigenvalue weighted by Gasteiger charge is -2.12. The molecule has 180 valence electrons. The number of hydrogen-bond acceptors (Lipinski definition) is 8. The second-order valence-electron chi connectivity index (χ2n) is 5.85. The Kier molecular flexibility index (Phi) is 19.6. The van der Waals surface area contributed by atoms with Gasteiger partial charge in [0.1, 0.15) is 10.5 Å². The molecule has 0 aliphatic rings. The van der Waals surface area contributed by atoms with Crippen molar-refractivity contribution in [3.63, 3.8) is 0 Å². The Labute approximate surface area is 188 Å². The van der Waals surface area contributed by atoms with Crippen LogP contribution in [-0.4, -0.2) is 97.1 Å². The predicted molar refractivity (Wildman–Crippen MR) is 116 cm³/mol. The minimum Gasteiger partial charge on any atom is -0.481 e. The van der Waals surface area contributed by atoms with Crippen LogP contribution in [0.1, 0.15) is 33.1 Å². The molecule has 0 spiro atoms. The molecule has 0 rings (SSSR count). The maximum atomic E-state index is 11.2. The molecule has 0 radical (unpaired) electrons. The summed E-state index contributed by atoms with van der Waals surface area (Å²) < 4.78 is 0. The summed E-state index contributed by atoms with van der Waals surface area (Å²) in [4.78, 5) is 64.7. The zero-order valence-corrected chi connectivity index (χ0v) is 18.1. The molecule has 14 heteroatoms. The number of nitrogens with two attached hydrogens (primary N) is 1. The topological polar surface area (TPSA) is 213 Å². The second kappa shape index (κ2) is 18.3. The van der Waals surface area contributed by atoms with Gasteiger partial charge < -0.3 is 31.1 Å². The molecule has 6 N–H and O–H groups in total. The lowest BCUT2D eigenvalue weighted by molar-refractivity contribution is -0.142. The Morgan fingerprint density at radius 2 is 1.13 bits per heavy atom. The predicted octanol–water partition coefficient (Wildman–Crippen LogP) is 0.285.